The quantitative estimate of drug-likeness (QED) is 0.856. The Morgan fingerprint density at radius 3 is 2.83 bits per heavy atom. The van der Waals surface area contributed by atoms with E-state index in [9.17, 15) is 9.18 Å². The van der Waals surface area contributed by atoms with Gasteiger partial charge in [0.05, 0.1) is 6.54 Å². The molecular formula is C18H21FN2OS. The van der Waals surface area contributed by atoms with Gasteiger partial charge in [-0.15, -0.1) is 11.3 Å². The third-order valence-corrected chi connectivity index (χ3v) is 5.50. The molecule has 5 heteroatoms. The maximum atomic E-state index is 12.9. The fraction of sp³-hybridized carbons (Fsp3) is 0.389. The lowest BCUT2D eigenvalue weighted by atomic mass is 10.0. The number of thiophene rings is 1. The van der Waals surface area contributed by atoms with Crippen LogP contribution in [0.15, 0.2) is 35.7 Å². The van der Waals surface area contributed by atoms with Crippen LogP contribution < -0.4 is 0 Å². The van der Waals surface area contributed by atoms with E-state index in [1.165, 1.54) is 22.6 Å². The molecule has 0 saturated heterocycles. The van der Waals surface area contributed by atoms with Crippen molar-refractivity contribution in [2.75, 3.05) is 20.1 Å². The fourth-order valence-corrected chi connectivity index (χ4v) is 3.99. The van der Waals surface area contributed by atoms with Crippen LogP contribution >= 0.6 is 11.3 Å². The first-order valence-electron chi connectivity index (χ1n) is 7.83. The number of rotatable bonds is 4. The lowest BCUT2D eigenvalue weighted by Gasteiger charge is -2.34. The van der Waals surface area contributed by atoms with Crippen LogP contribution in [0.3, 0.4) is 0 Å². The second-order valence-electron chi connectivity index (χ2n) is 6.07. The SMILES string of the molecule is C[C@@H]1c2ccsc2CCN1CC(=O)N(C)Cc1ccc(F)cc1. The average molecular weight is 332 g/mol. The van der Waals surface area contributed by atoms with Crippen molar-refractivity contribution in [2.45, 2.75) is 25.9 Å². The zero-order chi connectivity index (χ0) is 16.4. The molecule has 0 spiro atoms. The van der Waals surface area contributed by atoms with Gasteiger partial charge in [0.15, 0.2) is 0 Å². The summed E-state index contributed by atoms with van der Waals surface area (Å²) >= 11 is 1.81. The molecule has 0 N–H and O–H groups in total. The number of carbonyl (C=O) groups excluding carboxylic acids is 1. The highest BCUT2D eigenvalue weighted by molar-refractivity contribution is 7.10. The summed E-state index contributed by atoms with van der Waals surface area (Å²) in [6.07, 6.45) is 1.02. The van der Waals surface area contributed by atoms with E-state index in [2.05, 4.69) is 23.3 Å². The van der Waals surface area contributed by atoms with Crippen LogP contribution in [-0.4, -0.2) is 35.8 Å². The molecule has 122 valence electrons. The minimum absolute atomic E-state index is 0.0971. The number of carbonyl (C=O) groups is 1. The van der Waals surface area contributed by atoms with Gasteiger partial charge in [-0.3, -0.25) is 9.69 Å². The van der Waals surface area contributed by atoms with Gasteiger partial charge < -0.3 is 4.90 Å². The number of benzene rings is 1. The first kappa shape index (κ1) is 16.1. The second-order valence-corrected chi connectivity index (χ2v) is 7.07. The molecule has 3 nitrogen and oxygen atoms in total. The average Bonchev–Trinajstić information content (AvgIpc) is 3.01. The number of hydrogen-bond donors (Lipinski definition) is 0. The summed E-state index contributed by atoms with van der Waals surface area (Å²) in [4.78, 5) is 17.9. The summed E-state index contributed by atoms with van der Waals surface area (Å²) in [5.74, 6) is -0.156. The van der Waals surface area contributed by atoms with Crippen LogP contribution in [0, 0.1) is 5.82 Å². The molecule has 1 aromatic carbocycles. The van der Waals surface area contributed by atoms with Gasteiger partial charge in [0.1, 0.15) is 5.82 Å². The summed E-state index contributed by atoms with van der Waals surface area (Å²) in [5, 5.41) is 2.13. The third kappa shape index (κ3) is 3.62. The van der Waals surface area contributed by atoms with Gasteiger partial charge in [-0.2, -0.15) is 0 Å². The molecular weight excluding hydrogens is 311 g/mol. The monoisotopic (exact) mass is 332 g/mol. The molecule has 23 heavy (non-hydrogen) atoms. The van der Waals surface area contributed by atoms with Gasteiger partial charge in [-0.05, 0) is 48.1 Å². The van der Waals surface area contributed by atoms with Gasteiger partial charge >= 0.3 is 0 Å². The largest absolute Gasteiger partial charge is 0.340 e. The van der Waals surface area contributed by atoms with Crippen molar-refractivity contribution in [3.63, 3.8) is 0 Å². The molecule has 1 atom stereocenters. The van der Waals surface area contributed by atoms with Crippen molar-refractivity contribution in [1.29, 1.82) is 0 Å². The topological polar surface area (TPSA) is 23.6 Å². The zero-order valence-electron chi connectivity index (χ0n) is 13.5. The standard InChI is InChI=1S/C18H21FN2OS/c1-13-16-8-10-23-17(16)7-9-21(13)12-18(22)20(2)11-14-3-5-15(19)6-4-14/h3-6,8,10,13H,7,9,11-12H2,1-2H3/t13-/m1/s1. The highest BCUT2D eigenvalue weighted by atomic mass is 32.1. The molecule has 0 saturated carbocycles. The lowest BCUT2D eigenvalue weighted by Crippen LogP contribution is -2.41. The van der Waals surface area contributed by atoms with Crippen molar-refractivity contribution in [3.05, 3.63) is 57.5 Å². The summed E-state index contributed by atoms with van der Waals surface area (Å²) < 4.78 is 12.9. The van der Waals surface area contributed by atoms with E-state index in [0.717, 1.165) is 18.5 Å². The van der Waals surface area contributed by atoms with Gasteiger partial charge in [0, 0.05) is 31.1 Å². The summed E-state index contributed by atoms with van der Waals surface area (Å²) in [7, 11) is 1.80. The smallest absolute Gasteiger partial charge is 0.236 e. The van der Waals surface area contributed by atoms with Gasteiger partial charge in [0.25, 0.3) is 0 Å². The zero-order valence-corrected chi connectivity index (χ0v) is 14.3. The summed E-state index contributed by atoms with van der Waals surface area (Å²) in [6, 6.07) is 8.76. The number of likely N-dealkylation sites (N-methyl/N-ethyl adjacent to an activating group) is 1. The van der Waals surface area contributed by atoms with E-state index in [4.69, 9.17) is 0 Å². The number of halogens is 1. The van der Waals surface area contributed by atoms with E-state index < -0.39 is 0 Å². The van der Waals surface area contributed by atoms with Crippen LogP contribution in [0.25, 0.3) is 0 Å². The first-order chi connectivity index (χ1) is 11.0. The van der Waals surface area contributed by atoms with Gasteiger partial charge in [-0.25, -0.2) is 4.39 Å². The molecule has 1 aliphatic heterocycles. The molecule has 0 fully saturated rings. The summed E-state index contributed by atoms with van der Waals surface area (Å²) in [6.45, 7) is 4.02. The van der Waals surface area contributed by atoms with Crippen LogP contribution in [0.5, 0.6) is 0 Å². The molecule has 2 heterocycles. The molecule has 0 bridgehead atoms. The number of amides is 1. The minimum Gasteiger partial charge on any atom is -0.340 e. The Bertz CT molecular complexity index is 683. The molecule has 1 amide bonds. The van der Waals surface area contributed by atoms with E-state index >= 15 is 0 Å². The maximum absolute atomic E-state index is 12.9. The second kappa shape index (κ2) is 6.81. The van der Waals surface area contributed by atoms with E-state index in [-0.39, 0.29) is 17.8 Å². The predicted molar refractivity (Wildman–Crippen MR) is 90.9 cm³/mol. The van der Waals surface area contributed by atoms with Gasteiger partial charge in [0.2, 0.25) is 5.91 Å². The van der Waals surface area contributed by atoms with Crippen molar-refractivity contribution >= 4 is 17.2 Å². The fourth-order valence-electron chi connectivity index (χ4n) is 3.02. The highest BCUT2D eigenvalue weighted by Gasteiger charge is 2.26. The molecule has 1 aliphatic rings. The molecule has 2 aromatic rings. The molecule has 0 radical (unpaired) electrons. The Kier molecular flexibility index (Phi) is 4.78. The molecule has 1 aromatic heterocycles. The van der Waals surface area contributed by atoms with E-state index in [1.54, 1.807) is 35.4 Å². The molecule has 0 unspecified atom stereocenters. The maximum Gasteiger partial charge on any atom is 0.236 e. The number of fused-ring (bicyclic) bond motifs is 1. The Labute approximate surface area is 140 Å². The van der Waals surface area contributed by atoms with E-state index in [0.29, 0.717) is 13.1 Å². The molecule has 0 aliphatic carbocycles. The van der Waals surface area contributed by atoms with Gasteiger partial charge in [-0.1, -0.05) is 12.1 Å². The van der Waals surface area contributed by atoms with Crippen LogP contribution in [0.2, 0.25) is 0 Å². The predicted octanol–water partition coefficient (Wildman–Crippen LogP) is 3.46. The minimum atomic E-state index is -0.253. The lowest BCUT2D eigenvalue weighted by molar-refractivity contribution is -0.132. The van der Waals surface area contributed by atoms with Crippen LogP contribution in [-0.2, 0) is 17.8 Å². The highest BCUT2D eigenvalue weighted by Crippen LogP contribution is 2.32. The third-order valence-electron chi connectivity index (χ3n) is 4.50. The Hall–Kier alpha value is -1.72. The normalized spacial score (nSPS) is 17.8. The van der Waals surface area contributed by atoms with Crippen LogP contribution in [0.4, 0.5) is 4.39 Å². The number of nitrogens with zero attached hydrogens (tertiary/aromatic N) is 2. The Morgan fingerprint density at radius 2 is 2.09 bits per heavy atom. The Morgan fingerprint density at radius 1 is 1.35 bits per heavy atom. The summed E-state index contributed by atoms with van der Waals surface area (Å²) in [5.41, 5.74) is 2.30. The van der Waals surface area contributed by atoms with Crippen molar-refractivity contribution in [3.8, 4) is 0 Å². The van der Waals surface area contributed by atoms with Crippen LogP contribution in [0.1, 0.15) is 29.0 Å². The first-order valence-corrected chi connectivity index (χ1v) is 8.71. The Balaban J connectivity index is 1.59. The van der Waals surface area contributed by atoms with Crippen molar-refractivity contribution in [1.82, 2.24) is 9.80 Å². The van der Waals surface area contributed by atoms with E-state index in [1.807, 2.05) is 0 Å². The van der Waals surface area contributed by atoms with Crippen molar-refractivity contribution < 1.29 is 9.18 Å². The molecule has 3 rings (SSSR count). The van der Waals surface area contributed by atoms with Crippen molar-refractivity contribution in [2.24, 2.45) is 0 Å². The number of hydrogen-bond acceptors (Lipinski definition) is 3.